The standard InChI is InChI=1S/C31H30Cl2N2O5S/c1-40-24-9-5-6-10-25(24)41-26-13-11-21(28(32)29(26)33)12-14-27(36)35-17-15-22(16-18-35)30(37)34-23(31(38)39)19-20-7-3-2-4-8-20/h2-14,22-23H,15-19H2,1H3,(H,34,37)(H,38,39)/b14-12+/t23-/m0/s1. The quantitative estimate of drug-likeness (QED) is 0.264. The molecule has 0 unspecified atom stereocenters. The lowest BCUT2D eigenvalue weighted by Crippen LogP contribution is -2.48. The second kappa shape index (κ2) is 14.4. The van der Waals surface area contributed by atoms with E-state index in [1.165, 1.54) is 17.8 Å². The van der Waals surface area contributed by atoms with E-state index in [0.29, 0.717) is 41.5 Å². The van der Waals surface area contributed by atoms with Crippen molar-refractivity contribution < 1.29 is 24.2 Å². The van der Waals surface area contributed by atoms with E-state index in [1.807, 2.05) is 60.7 Å². The minimum atomic E-state index is -1.08. The summed E-state index contributed by atoms with van der Waals surface area (Å²) < 4.78 is 5.41. The third-order valence-electron chi connectivity index (χ3n) is 6.85. The van der Waals surface area contributed by atoms with Crippen LogP contribution in [0.4, 0.5) is 0 Å². The number of carboxylic acid groups (broad SMARTS) is 1. The van der Waals surface area contributed by atoms with Gasteiger partial charge < -0.3 is 20.1 Å². The molecule has 0 spiro atoms. The highest BCUT2D eigenvalue weighted by Gasteiger charge is 2.29. The van der Waals surface area contributed by atoms with E-state index in [4.69, 9.17) is 27.9 Å². The molecule has 1 aliphatic heterocycles. The van der Waals surface area contributed by atoms with Gasteiger partial charge >= 0.3 is 5.97 Å². The summed E-state index contributed by atoms with van der Waals surface area (Å²) in [7, 11) is 1.61. The summed E-state index contributed by atoms with van der Waals surface area (Å²) in [6, 6.07) is 19.4. The molecule has 0 aliphatic carbocycles. The molecule has 1 atom stereocenters. The molecule has 1 heterocycles. The third-order valence-corrected chi connectivity index (χ3v) is 8.97. The summed E-state index contributed by atoms with van der Waals surface area (Å²) in [6.07, 6.45) is 4.19. The van der Waals surface area contributed by atoms with Crippen LogP contribution < -0.4 is 10.1 Å². The molecule has 10 heteroatoms. The van der Waals surface area contributed by atoms with Gasteiger partial charge in [-0.25, -0.2) is 4.79 Å². The van der Waals surface area contributed by atoms with Crippen LogP contribution in [0.2, 0.25) is 10.0 Å². The van der Waals surface area contributed by atoms with Gasteiger partial charge in [0.05, 0.1) is 22.1 Å². The molecule has 0 aromatic heterocycles. The maximum atomic E-state index is 12.9. The Morgan fingerprint density at radius 2 is 1.68 bits per heavy atom. The van der Waals surface area contributed by atoms with E-state index < -0.39 is 12.0 Å². The van der Waals surface area contributed by atoms with Crippen LogP contribution in [0.15, 0.2) is 82.6 Å². The minimum absolute atomic E-state index is 0.198. The summed E-state index contributed by atoms with van der Waals surface area (Å²) in [5, 5.41) is 13.0. The van der Waals surface area contributed by atoms with Crippen molar-refractivity contribution in [3.8, 4) is 5.75 Å². The molecule has 0 saturated carbocycles. The first kappa shape index (κ1) is 30.5. The highest BCUT2D eigenvalue weighted by Crippen LogP contribution is 2.42. The number of carbonyl (C=O) groups excluding carboxylic acids is 2. The number of aliphatic carboxylic acids is 1. The van der Waals surface area contributed by atoms with Crippen LogP contribution in [0, 0.1) is 5.92 Å². The molecule has 2 amide bonds. The number of rotatable bonds is 10. The van der Waals surface area contributed by atoms with Crippen LogP contribution >= 0.6 is 35.0 Å². The van der Waals surface area contributed by atoms with Gasteiger partial charge in [-0.05, 0) is 48.2 Å². The number of hydrogen-bond acceptors (Lipinski definition) is 5. The Labute approximate surface area is 253 Å². The van der Waals surface area contributed by atoms with E-state index in [2.05, 4.69) is 5.32 Å². The maximum Gasteiger partial charge on any atom is 0.326 e. The summed E-state index contributed by atoms with van der Waals surface area (Å²) >= 11 is 14.5. The van der Waals surface area contributed by atoms with Gasteiger partial charge in [-0.3, -0.25) is 9.59 Å². The predicted molar refractivity (Wildman–Crippen MR) is 162 cm³/mol. The molecule has 4 rings (SSSR count). The smallest absolute Gasteiger partial charge is 0.326 e. The monoisotopic (exact) mass is 612 g/mol. The second-order valence-electron chi connectivity index (χ2n) is 9.56. The van der Waals surface area contributed by atoms with Gasteiger partial charge in [-0.2, -0.15) is 0 Å². The zero-order valence-corrected chi connectivity index (χ0v) is 24.7. The number of benzene rings is 3. The van der Waals surface area contributed by atoms with Gasteiger partial charge in [0.25, 0.3) is 0 Å². The zero-order chi connectivity index (χ0) is 29.4. The molecular weight excluding hydrogens is 583 g/mol. The van der Waals surface area contributed by atoms with Gasteiger partial charge in [0.1, 0.15) is 11.8 Å². The molecule has 1 aliphatic rings. The second-order valence-corrected chi connectivity index (χ2v) is 11.4. The molecule has 3 aromatic carbocycles. The van der Waals surface area contributed by atoms with Gasteiger partial charge in [-0.1, -0.05) is 83.5 Å². The zero-order valence-electron chi connectivity index (χ0n) is 22.4. The van der Waals surface area contributed by atoms with E-state index in [1.54, 1.807) is 24.2 Å². The van der Waals surface area contributed by atoms with E-state index in [-0.39, 0.29) is 24.2 Å². The average Bonchev–Trinajstić information content (AvgIpc) is 2.99. The van der Waals surface area contributed by atoms with Crippen molar-refractivity contribution in [3.63, 3.8) is 0 Å². The lowest BCUT2D eigenvalue weighted by molar-refractivity contribution is -0.142. The topological polar surface area (TPSA) is 95.9 Å². The van der Waals surface area contributed by atoms with Crippen molar-refractivity contribution in [1.29, 1.82) is 0 Å². The Hall–Kier alpha value is -3.46. The third kappa shape index (κ3) is 8.06. The SMILES string of the molecule is COc1ccccc1Sc1ccc(/C=C/C(=O)N2CCC(C(=O)N[C@@H](Cc3ccccc3)C(=O)O)CC2)c(Cl)c1Cl. The molecule has 1 saturated heterocycles. The molecule has 7 nitrogen and oxygen atoms in total. The lowest BCUT2D eigenvalue weighted by Gasteiger charge is -2.31. The van der Waals surface area contributed by atoms with Crippen molar-refractivity contribution in [2.45, 2.75) is 35.1 Å². The number of nitrogens with one attached hydrogen (secondary N) is 1. The number of piperidine rings is 1. The molecule has 2 N–H and O–H groups in total. The van der Waals surface area contributed by atoms with Crippen molar-refractivity contribution in [2.75, 3.05) is 20.2 Å². The van der Waals surface area contributed by atoms with Crippen LogP contribution in [-0.4, -0.2) is 54.0 Å². The Bertz CT molecular complexity index is 1430. The van der Waals surface area contributed by atoms with Crippen LogP contribution in [-0.2, 0) is 20.8 Å². The number of likely N-dealkylation sites (tertiary alicyclic amines) is 1. The van der Waals surface area contributed by atoms with Gasteiger partial charge in [0.2, 0.25) is 11.8 Å². The van der Waals surface area contributed by atoms with Crippen LogP contribution in [0.25, 0.3) is 6.08 Å². The summed E-state index contributed by atoms with van der Waals surface area (Å²) in [6.45, 7) is 0.779. The van der Waals surface area contributed by atoms with Gasteiger partial charge in [0, 0.05) is 36.4 Å². The van der Waals surface area contributed by atoms with E-state index >= 15 is 0 Å². The van der Waals surface area contributed by atoms with Crippen molar-refractivity contribution >= 4 is 58.8 Å². The van der Waals surface area contributed by atoms with Crippen molar-refractivity contribution in [1.82, 2.24) is 10.2 Å². The molecule has 1 fully saturated rings. The maximum absolute atomic E-state index is 12.9. The first-order chi connectivity index (χ1) is 19.8. The largest absolute Gasteiger partial charge is 0.496 e. The van der Waals surface area contributed by atoms with Gasteiger partial charge in [-0.15, -0.1) is 0 Å². The fourth-order valence-electron chi connectivity index (χ4n) is 4.54. The number of amides is 2. The predicted octanol–water partition coefficient (Wildman–Crippen LogP) is 6.22. The molecule has 0 radical (unpaired) electrons. The van der Waals surface area contributed by atoms with E-state index in [9.17, 15) is 19.5 Å². The number of hydrogen-bond donors (Lipinski definition) is 2. The van der Waals surface area contributed by atoms with Crippen molar-refractivity contribution in [3.05, 3.63) is 94.0 Å². The minimum Gasteiger partial charge on any atom is -0.496 e. The number of carbonyl (C=O) groups is 3. The number of nitrogens with zero attached hydrogens (tertiary/aromatic N) is 1. The van der Waals surface area contributed by atoms with Crippen LogP contribution in [0.5, 0.6) is 5.75 Å². The van der Waals surface area contributed by atoms with Gasteiger partial charge in [0.15, 0.2) is 0 Å². The Balaban J connectivity index is 1.31. The summed E-state index contributed by atoms with van der Waals surface area (Å²) in [5.74, 6) is -1.21. The first-order valence-corrected chi connectivity index (χ1v) is 14.7. The fraction of sp³-hybridized carbons (Fsp3) is 0.258. The summed E-state index contributed by atoms with van der Waals surface area (Å²) in [4.78, 5) is 40.7. The number of halogens is 2. The first-order valence-electron chi connectivity index (χ1n) is 13.1. The fourth-order valence-corrected chi connectivity index (χ4v) is 6.08. The number of ether oxygens (including phenoxy) is 1. The average molecular weight is 614 g/mol. The number of para-hydroxylation sites is 1. The number of methoxy groups -OCH3 is 1. The summed E-state index contributed by atoms with van der Waals surface area (Å²) in [5.41, 5.74) is 1.44. The number of carboxylic acids is 1. The Morgan fingerprint density at radius 1 is 1.00 bits per heavy atom. The van der Waals surface area contributed by atoms with Crippen LogP contribution in [0.3, 0.4) is 0 Å². The lowest BCUT2D eigenvalue weighted by atomic mass is 9.95. The molecule has 3 aromatic rings. The highest BCUT2D eigenvalue weighted by atomic mass is 35.5. The molecule has 214 valence electrons. The normalized spacial score (nSPS) is 14.6. The highest BCUT2D eigenvalue weighted by molar-refractivity contribution is 7.99. The van der Waals surface area contributed by atoms with E-state index in [0.717, 1.165) is 21.1 Å². The molecule has 41 heavy (non-hydrogen) atoms. The van der Waals surface area contributed by atoms with Crippen LogP contribution in [0.1, 0.15) is 24.0 Å². The Kier molecular flexibility index (Phi) is 10.7. The Morgan fingerprint density at radius 3 is 2.37 bits per heavy atom. The molecular formula is C31H30Cl2N2O5S. The molecule has 0 bridgehead atoms. The van der Waals surface area contributed by atoms with Crippen molar-refractivity contribution in [2.24, 2.45) is 5.92 Å².